The molecule has 22 heavy (non-hydrogen) atoms. The second-order valence-corrected chi connectivity index (χ2v) is 6.90. The second-order valence-electron chi connectivity index (χ2n) is 6.05. The molecule has 0 spiro atoms. The monoisotopic (exact) mass is 320 g/mol. The Bertz CT molecular complexity index is 559. The number of nitrogens with zero attached hydrogens (tertiary/aromatic N) is 2. The Balaban J connectivity index is 2.17. The topological polar surface area (TPSA) is 40.6 Å². The van der Waals surface area contributed by atoms with Gasteiger partial charge < -0.3 is 9.80 Å². The molecule has 1 atom stereocenters. The molecule has 0 bridgehead atoms. The van der Waals surface area contributed by atoms with Crippen molar-refractivity contribution in [2.24, 2.45) is 5.92 Å². The van der Waals surface area contributed by atoms with Gasteiger partial charge in [0.05, 0.1) is 5.56 Å². The quantitative estimate of drug-likeness (QED) is 0.801. The lowest BCUT2D eigenvalue weighted by atomic mass is 10.1. The number of carbonyl (C=O) groups is 2. The Labute approximate surface area is 136 Å². The highest BCUT2D eigenvalue weighted by Crippen LogP contribution is 2.23. The summed E-state index contributed by atoms with van der Waals surface area (Å²) in [7, 11) is 0. The summed E-state index contributed by atoms with van der Waals surface area (Å²) in [5.41, 5.74) is 0.687. The Kier molecular flexibility index (Phi) is 5.51. The van der Waals surface area contributed by atoms with Gasteiger partial charge in [-0.3, -0.25) is 9.59 Å². The van der Waals surface area contributed by atoms with E-state index in [0.717, 1.165) is 11.4 Å². The molecule has 0 aliphatic carbocycles. The van der Waals surface area contributed by atoms with E-state index in [0.29, 0.717) is 24.6 Å². The third kappa shape index (κ3) is 3.46. The molecule has 2 rings (SSSR count). The van der Waals surface area contributed by atoms with Crippen LogP contribution in [0.4, 0.5) is 0 Å². The van der Waals surface area contributed by atoms with Crippen LogP contribution >= 0.6 is 11.8 Å². The number of piperazine rings is 1. The third-order valence-corrected chi connectivity index (χ3v) is 4.73. The fourth-order valence-electron chi connectivity index (χ4n) is 2.81. The minimum Gasteiger partial charge on any atom is -0.339 e. The lowest BCUT2D eigenvalue weighted by Crippen LogP contribution is -2.58. The Morgan fingerprint density at radius 3 is 2.64 bits per heavy atom. The zero-order valence-corrected chi connectivity index (χ0v) is 14.5. The maximum atomic E-state index is 12.8. The first-order valence-corrected chi connectivity index (χ1v) is 8.91. The molecule has 1 fully saturated rings. The van der Waals surface area contributed by atoms with Crippen molar-refractivity contribution in [2.45, 2.75) is 31.7 Å². The van der Waals surface area contributed by atoms with Gasteiger partial charge in [0.15, 0.2) is 0 Å². The highest BCUT2D eigenvalue weighted by Gasteiger charge is 2.35. The zero-order chi connectivity index (χ0) is 16.3. The van der Waals surface area contributed by atoms with Gasteiger partial charge in [0.1, 0.15) is 6.04 Å². The maximum absolute atomic E-state index is 12.8. The van der Waals surface area contributed by atoms with Crippen molar-refractivity contribution in [1.82, 2.24) is 9.80 Å². The SMILES string of the molecule is CSc1ccccc1C(=O)N1CCN(CC(C)C)C(=O)[C@@H]1C. The summed E-state index contributed by atoms with van der Waals surface area (Å²) >= 11 is 1.56. The van der Waals surface area contributed by atoms with Crippen molar-refractivity contribution < 1.29 is 9.59 Å². The van der Waals surface area contributed by atoms with Crippen LogP contribution in [-0.4, -0.2) is 53.5 Å². The van der Waals surface area contributed by atoms with E-state index in [1.165, 1.54) is 0 Å². The van der Waals surface area contributed by atoms with Crippen molar-refractivity contribution in [3.8, 4) is 0 Å². The average Bonchev–Trinajstić information content (AvgIpc) is 2.51. The highest BCUT2D eigenvalue weighted by molar-refractivity contribution is 7.98. The molecular formula is C17H24N2O2S. The standard InChI is InChI=1S/C17H24N2O2S/c1-12(2)11-18-9-10-19(13(3)16(18)20)17(21)14-7-5-6-8-15(14)22-4/h5-8,12-13H,9-11H2,1-4H3/t13-/m0/s1. The first kappa shape index (κ1) is 16.9. The molecule has 1 aliphatic heterocycles. The molecule has 1 aromatic rings. The molecular weight excluding hydrogens is 296 g/mol. The summed E-state index contributed by atoms with van der Waals surface area (Å²) in [6.07, 6.45) is 1.96. The van der Waals surface area contributed by atoms with Crippen LogP contribution in [0.1, 0.15) is 31.1 Å². The van der Waals surface area contributed by atoms with Crippen molar-refractivity contribution in [1.29, 1.82) is 0 Å². The third-order valence-electron chi connectivity index (χ3n) is 3.93. The Hall–Kier alpha value is -1.49. The normalized spacial score (nSPS) is 19.0. The van der Waals surface area contributed by atoms with Gasteiger partial charge in [0.25, 0.3) is 5.91 Å². The Morgan fingerprint density at radius 1 is 1.32 bits per heavy atom. The summed E-state index contributed by atoms with van der Waals surface area (Å²) < 4.78 is 0. The summed E-state index contributed by atoms with van der Waals surface area (Å²) in [5.74, 6) is 0.445. The average molecular weight is 320 g/mol. The van der Waals surface area contributed by atoms with E-state index in [1.807, 2.05) is 42.3 Å². The summed E-state index contributed by atoms with van der Waals surface area (Å²) in [5, 5.41) is 0. The number of benzene rings is 1. The predicted molar refractivity (Wildman–Crippen MR) is 90.1 cm³/mol. The molecule has 0 N–H and O–H groups in total. The van der Waals surface area contributed by atoms with Crippen LogP contribution in [0.15, 0.2) is 29.2 Å². The van der Waals surface area contributed by atoms with E-state index in [1.54, 1.807) is 16.7 Å². The number of hydrogen-bond donors (Lipinski definition) is 0. The van der Waals surface area contributed by atoms with E-state index in [2.05, 4.69) is 13.8 Å². The molecule has 1 heterocycles. The number of thioether (sulfide) groups is 1. The minimum atomic E-state index is -0.394. The van der Waals surface area contributed by atoms with Crippen LogP contribution in [0.25, 0.3) is 0 Å². The molecule has 5 heteroatoms. The maximum Gasteiger partial charge on any atom is 0.255 e. The fraction of sp³-hybridized carbons (Fsp3) is 0.529. The van der Waals surface area contributed by atoms with Crippen molar-refractivity contribution in [2.75, 3.05) is 25.9 Å². The summed E-state index contributed by atoms with van der Waals surface area (Å²) in [4.78, 5) is 29.8. The van der Waals surface area contributed by atoms with Gasteiger partial charge in [-0.05, 0) is 31.2 Å². The van der Waals surface area contributed by atoms with Gasteiger partial charge in [-0.15, -0.1) is 11.8 Å². The molecule has 1 saturated heterocycles. The number of amides is 2. The van der Waals surface area contributed by atoms with E-state index in [4.69, 9.17) is 0 Å². The number of rotatable bonds is 4. The predicted octanol–water partition coefficient (Wildman–Crippen LogP) is 2.74. The molecule has 1 aromatic carbocycles. The van der Waals surface area contributed by atoms with Crippen LogP contribution in [-0.2, 0) is 4.79 Å². The van der Waals surface area contributed by atoms with Gasteiger partial charge in [-0.1, -0.05) is 26.0 Å². The van der Waals surface area contributed by atoms with E-state index in [9.17, 15) is 9.59 Å². The first-order valence-electron chi connectivity index (χ1n) is 7.68. The molecule has 4 nitrogen and oxygen atoms in total. The smallest absolute Gasteiger partial charge is 0.255 e. The molecule has 0 radical (unpaired) electrons. The van der Waals surface area contributed by atoms with E-state index >= 15 is 0 Å². The van der Waals surface area contributed by atoms with E-state index < -0.39 is 6.04 Å². The summed E-state index contributed by atoms with van der Waals surface area (Å²) in [6, 6.07) is 7.19. The van der Waals surface area contributed by atoms with Crippen LogP contribution in [0, 0.1) is 5.92 Å². The van der Waals surface area contributed by atoms with Crippen LogP contribution < -0.4 is 0 Å². The minimum absolute atomic E-state index is 0.0463. The molecule has 0 saturated carbocycles. The van der Waals surface area contributed by atoms with Gasteiger partial charge in [0.2, 0.25) is 5.91 Å². The fourth-order valence-corrected chi connectivity index (χ4v) is 3.40. The van der Waals surface area contributed by atoms with Gasteiger partial charge in [-0.25, -0.2) is 0 Å². The van der Waals surface area contributed by atoms with Crippen molar-refractivity contribution in [3.63, 3.8) is 0 Å². The largest absolute Gasteiger partial charge is 0.339 e. The van der Waals surface area contributed by atoms with Crippen molar-refractivity contribution >= 4 is 23.6 Å². The first-order chi connectivity index (χ1) is 10.5. The summed E-state index contributed by atoms with van der Waals surface area (Å²) in [6.45, 7) is 8.01. The van der Waals surface area contributed by atoms with Gasteiger partial charge in [-0.2, -0.15) is 0 Å². The van der Waals surface area contributed by atoms with Crippen LogP contribution in [0.3, 0.4) is 0 Å². The van der Waals surface area contributed by atoms with Crippen LogP contribution in [0.5, 0.6) is 0 Å². The van der Waals surface area contributed by atoms with E-state index in [-0.39, 0.29) is 11.8 Å². The zero-order valence-electron chi connectivity index (χ0n) is 13.7. The molecule has 1 aliphatic rings. The Morgan fingerprint density at radius 2 is 2.00 bits per heavy atom. The molecule has 0 aromatic heterocycles. The number of hydrogen-bond acceptors (Lipinski definition) is 3. The second kappa shape index (κ2) is 7.18. The lowest BCUT2D eigenvalue weighted by Gasteiger charge is -2.40. The number of carbonyl (C=O) groups excluding carboxylic acids is 2. The molecule has 120 valence electrons. The highest BCUT2D eigenvalue weighted by atomic mass is 32.2. The van der Waals surface area contributed by atoms with Gasteiger partial charge >= 0.3 is 0 Å². The van der Waals surface area contributed by atoms with Gasteiger partial charge in [0, 0.05) is 24.5 Å². The lowest BCUT2D eigenvalue weighted by molar-refractivity contribution is -0.140. The van der Waals surface area contributed by atoms with Crippen molar-refractivity contribution in [3.05, 3.63) is 29.8 Å². The molecule has 0 unspecified atom stereocenters. The molecule has 2 amide bonds. The van der Waals surface area contributed by atoms with Crippen LogP contribution in [0.2, 0.25) is 0 Å².